The van der Waals surface area contributed by atoms with Gasteiger partial charge in [0, 0.05) is 16.8 Å². The summed E-state index contributed by atoms with van der Waals surface area (Å²) >= 11 is 5.06. The van der Waals surface area contributed by atoms with Crippen LogP contribution in [0.5, 0.6) is 0 Å². The number of hydrogen-bond donors (Lipinski definition) is 1. The van der Waals surface area contributed by atoms with Crippen molar-refractivity contribution < 1.29 is 4.79 Å². The quantitative estimate of drug-likeness (QED) is 0.870. The first-order valence-corrected chi connectivity index (χ1v) is 7.99. The molecule has 0 aliphatic heterocycles. The molecule has 1 saturated carbocycles. The largest absolute Gasteiger partial charge is 0.348 e. The number of hydrogen-bond acceptors (Lipinski definition) is 3. The molecule has 1 aliphatic carbocycles. The highest BCUT2D eigenvalue weighted by molar-refractivity contribution is 9.09. The molecule has 1 fully saturated rings. The lowest BCUT2D eigenvalue weighted by molar-refractivity contribution is 0.0907. The summed E-state index contributed by atoms with van der Waals surface area (Å²) in [5, 5.41) is 6.86. The van der Waals surface area contributed by atoms with Gasteiger partial charge in [-0.3, -0.25) is 4.79 Å². The molecule has 3 nitrogen and oxygen atoms in total. The summed E-state index contributed by atoms with van der Waals surface area (Å²) in [6.07, 6.45) is 4.78. The summed E-state index contributed by atoms with van der Waals surface area (Å²) in [6.45, 7) is 1.92. The molecule has 1 aromatic rings. The van der Waals surface area contributed by atoms with Crippen molar-refractivity contribution in [3.63, 3.8) is 0 Å². The normalized spacial score (nSPS) is 24.6. The molecule has 2 atom stereocenters. The standard InChI is InChI=1S/C12H17BrN2OS/c1-8-14-11(7-17-8)12(16)15-10-5-3-2-4-9(10)6-13/h7,9-10H,2-6H2,1H3,(H,15,16). The Morgan fingerprint density at radius 3 is 3.00 bits per heavy atom. The van der Waals surface area contributed by atoms with Crippen LogP contribution in [0, 0.1) is 12.8 Å². The number of carbonyl (C=O) groups excluding carboxylic acids is 1. The van der Waals surface area contributed by atoms with E-state index in [4.69, 9.17) is 0 Å². The number of amides is 1. The Labute approximate surface area is 114 Å². The van der Waals surface area contributed by atoms with E-state index in [-0.39, 0.29) is 5.91 Å². The summed E-state index contributed by atoms with van der Waals surface area (Å²) in [7, 11) is 0. The number of thiazole rings is 1. The van der Waals surface area contributed by atoms with Crippen molar-refractivity contribution in [2.24, 2.45) is 5.92 Å². The molecule has 1 heterocycles. The molecule has 0 bridgehead atoms. The molecule has 5 heteroatoms. The van der Waals surface area contributed by atoms with Crippen molar-refractivity contribution in [2.75, 3.05) is 5.33 Å². The van der Waals surface area contributed by atoms with E-state index in [0.29, 0.717) is 17.7 Å². The van der Waals surface area contributed by atoms with E-state index < -0.39 is 0 Å². The van der Waals surface area contributed by atoms with E-state index >= 15 is 0 Å². The smallest absolute Gasteiger partial charge is 0.270 e. The molecule has 0 saturated heterocycles. The number of carbonyl (C=O) groups is 1. The zero-order valence-electron chi connectivity index (χ0n) is 9.91. The molecule has 0 radical (unpaired) electrons. The number of alkyl halides is 1. The number of aryl methyl sites for hydroxylation is 1. The highest BCUT2D eigenvalue weighted by Crippen LogP contribution is 2.26. The average molecular weight is 317 g/mol. The summed E-state index contributed by atoms with van der Waals surface area (Å²) in [5.74, 6) is 0.541. The molecule has 0 spiro atoms. The molecule has 0 aromatic carbocycles. The highest BCUT2D eigenvalue weighted by atomic mass is 79.9. The third-order valence-corrected chi connectivity index (χ3v) is 4.88. The van der Waals surface area contributed by atoms with Gasteiger partial charge in [-0.2, -0.15) is 0 Å². The summed E-state index contributed by atoms with van der Waals surface area (Å²) in [4.78, 5) is 16.2. The third-order valence-electron chi connectivity index (χ3n) is 3.28. The van der Waals surface area contributed by atoms with Crippen molar-refractivity contribution in [2.45, 2.75) is 38.6 Å². The lowest BCUT2D eigenvalue weighted by Gasteiger charge is -2.30. The Hall–Kier alpha value is -0.420. The van der Waals surface area contributed by atoms with Crippen LogP contribution in [-0.4, -0.2) is 22.3 Å². The maximum atomic E-state index is 12.0. The van der Waals surface area contributed by atoms with Gasteiger partial charge in [0.2, 0.25) is 0 Å². The van der Waals surface area contributed by atoms with Gasteiger partial charge in [-0.05, 0) is 25.7 Å². The van der Waals surface area contributed by atoms with E-state index in [9.17, 15) is 4.79 Å². The topological polar surface area (TPSA) is 42.0 Å². The number of rotatable bonds is 3. The predicted octanol–water partition coefficient (Wildman–Crippen LogP) is 3.14. The molecule has 2 unspecified atom stereocenters. The van der Waals surface area contributed by atoms with Crippen molar-refractivity contribution >= 4 is 33.2 Å². The minimum atomic E-state index is -0.0211. The van der Waals surface area contributed by atoms with Gasteiger partial charge in [0.05, 0.1) is 5.01 Å². The molecule has 94 valence electrons. The van der Waals surface area contributed by atoms with Crippen molar-refractivity contribution in [1.29, 1.82) is 0 Å². The van der Waals surface area contributed by atoms with Gasteiger partial charge in [-0.15, -0.1) is 11.3 Å². The van der Waals surface area contributed by atoms with Gasteiger partial charge in [0.1, 0.15) is 5.69 Å². The Morgan fingerprint density at radius 1 is 1.59 bits per heavy atom. The van der Waals surface area contributed by atoms with E-state index in [1.165, 1.54) is 30.6 Å². The SMILES string of the molecule is Cc1nc(C(=O)NC2CCCCC2CBr)cs1. The van der Waals surface area contributed by atoms with Crippen LogP contribution in [0.1, 0.15) is 41.2 Å². The summed E-state index contributed by atoms with van der Waals surface area (Å²) in [5.41, 5.74) is 0.561. The number of aromatic nitrogens is 1. The van der Waals surface area contributed by atoms with Crippen LogP contribution in [-0.2, 0) is 0 Å². The summed E-state index contributed by atoms with van der Waals surface area (Å²) in [6, 6.07) is 0.303. The zero-order chi connectivity index (χ0) is 12.3. The Morgan fingerprint density at radius 2 is 2.35 bits per heavy atom. The van der Waals surface area contributed by atoms with E-state index in [1.54, 1.807) is 0 Å². The lowest BCUT2D eigenvalue weighted by Crippen LogP contribution is -2.42. The Kier molecular flexibility index (Phi) is 4.56. The van der Waals surface area contributed by atoms with Crippen LogP contribution in [0.15, 0.2) is 5.38 Å². The zero-order valence-corrected chi connectivity index (χ0v) is 12.3. The van der Waals surface area contributed by atoms with Crippen LogP contribution in [0.2, 0.25) is 0 Å². The van der Waals surface area contributed by atoms with Crippen molar-refractivity contribution in [1.82, 2.24) is 10.3 Å². The second-order valence-corrected chi connectivity index (χ2v) is 6.24. The molecule has 2 rings (SSSR count). The molecule has 1 aliphatic rings. The monoisotopic (exact) mass is 316 g/mol. The van der Waals surface area contributed by atoms with Gasteiger partial charge >= 0.3 is 0 Å². The van der Waals surface area contributed by atoms with Crippen molar-refractivity contribution in [3.05, 3.63) is 16.1 Å². The first-order valence-electron chi connectivity index (χ1n) is 5.99. The van der Waals surface area contributed by atoms with Gasteiger partial charge in [-0.1, -0.05) is 28.8 Å². The van der Waals surface area contributed by atoms with Crippen LogP contribution >= 0.6 is 27.3 Å². The van der Waals surface area contributed by atoms with E-state index in [1.807, 2.05) is 12.3 Å². The second-order valence-electron chi connectivity index (χ2n) is 4.53. The van der Waals surface area contributed by atoms with Crippen LogP contribution in [0.3, 0.4) is 0 Å². The number of nitrogens with zero attached hydrogens (tertiary/aromatic N) is 1. The molecular formula is C12H17BrN2OS. The van der Waals surface area contributed by atoms with Gasteiger partial charge in [0.25, 0.3) is 5.91 Å². The molecular weight excluding hydrogens is 300 g/mol. The first kappa shape index (κ1) is 13.0. The fraction of sp³-hybridized carbons (Fsp3) is 0.667. The Balaban J connectivity index is 1.97. The van der Waals surface area contributed by atoms with Crippen LogP contribution in [0.4, 0.5) is 0 Å². The molecule has 1 N–H and O–H groups in total. The average Bonchev–Trinajstić information content (AvgIpc) is 2.77. The maximum Gasteiger partial charge on any atom is 0.270 e. The van der Waals surface area contributed by atoms with Gasteiger partial charge in [-0.25, -0.2) is 4.98 Å². The first-order chi connectivity index (χ1) is 8.20. The third kappa shape index (κ3) is 3.28. The van der Waals surface area contributed by atoms with E-state index in [0.717, 1.165) is 16.8 Å². The van der Waals surface area contributed by atoms with Gasteiger partial charge in [0.15, 0.2) is 0 Å². The lowest BCUT2D eigenvalue weighted by atomic mass is 9.86. The van der Waals surface area contributed by atoms with E-state index in [2.05, 4.69) is 26.2 Å². The van der Waals surface area contributed by atoms with Crippen molar-refractivity contribution in [3.8, 4) is 0 Å². The highest BCUT2D eigenvalue weighted by Gasteiger charge is 2.26. The minimum absolute atomic E-state index is 0.0211. The number of halogens is 1. The van der Waals surface area contributed by atoms with Crippen LogP contribution < -0.4 is 5.32 Å². The molecule has 17 heavy (non-hydrogen) atoms. The fourth-order valence-corrected chi connectivity index (χ4v) is 3.66. The predicted molar refractivity (Wildman–Crippen MR) is 73.9 cm³/mol. The summed E-state index contributed by atoms with van der Waals surface area (Å²) < 4.78 is 0. The number of nitrogens with one attached hydrogen (secondary N) is 1. The maximum absolute atomic E-state index is 12.0. The van der Waals surface area contributed by atoms with Gasteiger partial charge < -0.3 is 5.32 Å². The molecule has 1 amide bonds. The minimum Gasteiger partial charge on any atom is -0.348 e. The second kappa shape index (κ2) is 5.96. The van der Waals surface area contributed by atoms with Crippen LogP contribution in [0.25, 0.3) is 0 Å². The molecule has 1 aromatic heterocycles. The Bertz CT molecular complexity index is 394. The fourth-order valence-electron chi connectivity index (χ4n) is 2.29.